The molecule has 1 saturated heterocycles. The van der Waals surface area contributed by atoms with Gasteiger partial charge in [-0.05, 0) is 32.8 Å². The van der Waals surface area contributed by atoms with Gasteiger partial charge in [0.1, 0.15) is 6.10 Å². The SMILES string of the molecule is CCn1nc(C)cc1[C@@H](O)C1(CN)CCOCC1. The molecule has 0 aromatic carbocycles. The summed E-state index contributed by atoms with van der Waals surface area (Å²) in [7, 11) is 0. The molecule has 5 nitrogen and oxygen atoms in total. The predicted molar refractivity (Wildman–Crippen MR) is 69.1 cm³/mol. The van der Waals surface area contributed by atoms with Gasteiger partial charge in [0.05, 0.1) is 11.4 Å². The first-order chi connectivity index (χ1) is 8.63. The Balaban J connectivity index is 2.30. The van der Waals surface area contributed by atoms with E-state index in [1.807, 2.05) is 24.6 Å². The van der Waals surface area contributed by atoms with Crippen molar-refractivity contribution in [3.05, 3.63) is 17.5 Å². The molecule has 1 aromatic heterocycles. The third-order valence-corrected chi connectivity index (χ3v) is 3.99. The average molecular weight is 253 g/mol. The number of rotatable bonds is 4. The highest BCUT2D eigenvalue weighted by molar-refractivity contribution is 5.15. The summed E-state index contributed by atoms with van der Waals surface area (Å²) in [6, 6.07) is 1.96. The van der Waals surface area contributed by atoms with Gasteiger partial charge in [0.25, 0.3) is 0 Å². The second-order valence-electron chi connectivity index (χ2n) is 5.11. The van der Waals surface area contributed by atoms with Gasteiger partial charge in [-0.15, -0.1) is 0 Å². The van der Waals surface area contributed by atoms with E-state index in [1.54, 1.807) is 0 Å². The first-order valence-electron chi connectivity index (χ1n) is 6.63. The van der Waals surface area contributed by atoms with Gasteiger partial charge in [-0.3, -0.25) is 4.68 Å². The molecular formula is C13H23N3O2. The van der Waals surface area contributed by atoms with Gasteiger partial charge in [0.2, 0.25) is 0 Å². The summed E-state index contributed by atoms with van der Waals surface area (Å²) < 4.78 is 7.25. The standard InChI is InChI=1S/C13H23N3O2/c1-3-16-11(8-10(2)15-16)12(17)13(9-14)4-6-18-7-5-13/h8,12,17H,3-7,9,14H2,1-2H3/t12-/m1/s1. The van der Waals surface area contributed by atoms with E-state index in [1.165, 1.54) is 0 Å². The molecule has 1 atom stereocenters. The molecule has 1 fully saturated rings. The fourth-order valence-electron chi connectivity index (χ4n) is 2.72. The van der Waals surface area contributed by atoms with Crippen LogP contribution in [0.25, 0.3) is 0 Å². The van der Waals surface area contributed by atoms with Crippen molar-refractivity contribution in [3.8, 4) is 0 Å². The Morgan fingerprint density at radius 1 is 1.56 bits per heavy atom. The lowest BCUT2D eigenvalue weighted by atomic mass is 9.74. The molecule has 2 rings (SSSR count). The normalized spacial score (nSPS) is 20.9. The molecule has 0 aliphatic carbocycles. The number of aryl methyl sites for hydroxylation is 2. The van der Waals surface area contributed by atoms with Gasteiger partial charge < -0.3 is 15.6 Å². The molecule has 1 aliphatic heterocycles. The Morgan fingerprint density at radius 3 is 2.78 bits per heavy atom. The van der Waals surface area contributed by atoms with Gasteiger partial charge in [0.15, 0.2) is 0 Å². The van der Waals surface area contributed by atoms with Crippen molar-refractivity contribution in [2.45, 2.75) is 39.3 Å². The lowest BCUT2D eigenvalue weighted by Crippen LogP contribution is -2.42. The van der Waals surface area contributed by atoms with Crippen molar-refractivity contribution in [1.29, 1.82) is 0 Å². The van der Waals surface area contributed by atoms with Gasteiger partial charge in [-0.25, -0.2) is 0 Å². The molecule has 18 heavy (non-hydrogen) atoms. The maximum Gasteiger partial charge on any atom is 0.103 e. The fraction of sp³-hybridized carbons (Fsp3) is 0.769. The van der Waals surface area contributed by atoms with E-state index in [2.05, 4.69) is 5.10 Å². The Bertz CT molecular complexity index is 397. The second-order valence-corrected chi connectivity index (χ2v) is 5.11. The highest BCUT2D eigenvalue weighted by Crippen LogP contribution is 2.41. The van der Waals surface area contributed by atoms with E-state index in [9.17, 15) is 5.11 Å². The van der Waals surface area contributed by atoms with Crippen molar-refractivity contribution in [2.24, 2.45) is 11.1 Å². The van der Waals surface area contributed by atoms with Gasteiger partial charge in [-0.1, -0.05) is 0 Å². The van der Waals surface area contributed by atoms with Crippen LogP contribution in [0.2, 0.25) is 0 Å². The number of aliphatic hydroxyl groups excluding tert-OH is 1. The molecule has 3 N–H and O–H groups in total. The summed E-state index contributed by atoms with van der Waals surface area (Å²) in [6.07, 6.45) is 1.05. The van der Waals surface area contributed by atoms with Crippen LogP contribution in [-0.4, -0.2) is 34.6 Å². The zero-order chi connectivity index (χ0) is 13.2. The molecule has 0 bridgehead atoms. The van der Waals surface area contributed by atoms with Crippen molar-refractivity contribution >= 4 is 0 Å². The topological polar surface area (TPSA) is 73.3 Å². The summed E-state index contributed by atoms with van der Waals surface area (Å²) in [5.74, 6) is 0. The van der Waals surface area contributed by atoms with Gasteiger partial charge in [0, 0.05) is 31.7 Å². The molecule has 0 radical (unpaired) electrons. The molecule has 0 unspecified atom stereocenters. The Labute approximate surface area is 108 Å². The fourth-order valence-corrected chi connectivity index (χ4v) is 2.72. The molecule has 5 heteroatoms. The molecule has 102 valence electrons. The molecule has 0 saturated carbocycles. The number of aliphatic hydroxyl groups is 1. The zero-order valence-corrected chi connectivity index (χ0v) is 11.2. The summed E-state index contributed by atoms with van der Waals surface area (Å²) in [5, 5.41) is 15.1. The lowest BCUT2D eigenvalue weighted by Gasteiger charge is -2.40. The Morgan fingerprint density at radius 2 is 2.22 bits per heavy atom. The minimum absolute atomic E-state index is 0.266. The minimum Gasteiger partial charge on any atom is -0.386 e. The van der Waals surface area contributed by atoms with Crippen molar-refractivity contribution < 1.29 is 9.84 Å². The summed E-state index contributed by atoms with van der Waals surface area (Å²) in [6.45, 7) is 6.56. The number of hydrogen-bond acceptors (Lipinski definition) is 4. The molecule has 0 amide bonds. The largest absolute Gasteiger partial charge is 0.386 e. The zero-order valence-electron chi connectivity index (χ0n) is 11.2. The van der Waals surface area contributed by atoms with Crippen molar-refractivity contribution in [1.82, 2.24) is 9.78 Å². The molecular weight excluding hydrogens is 230 g/mol. The molecule has 1 aromatic rings. The third kappa shape index (κ3) is 2.30. The van der Waals surface area contributed by atoms with Crippen LogP contribution in [0.15, 0.2) is 6.07 Å². The van der Waals surface area contributed by atoms with Crippen molar-refractivity contribution in [2.75, 3.05) is 19.8 Å². The first kappa shape index (κ1) is 13.5. The smallest absolute Gasteiger partial charge is 0.103 e. The van der Waals surface area contributed by atoms with Crippen LogP contribution in [0.3, 0.4) is 0 Å². The number of nitrogens with zero attached hydrogens (tertiary/aromatic N) is 2. The number of nitrogens with two attached hydrogens (primary N) is 1. The summed E-state index contributed by atoms with van der Waals surface area (Å²) in [4.78, 5) is 0. The van der Waals surface area contributed by atoms with E-state index in [4.69, 9.17) is 10.5 Å². The van der Waals surface area contributed by atoms with E-state index in [0.29, 0.717) is 19.8 Å². The van der Waals surface area contributed by atoms with Crippen molar-refractivity contribution in [3.63, 3.8) is 0 Å². The predicted octanol–water partition coefficient (Wildman–Crippen LogP) is 1.00. The molecule has 1 aliphatic rings. The minimum atomic E-state index is -0.562. The number of ether oxygens (including phenoxy) is 1. The van der Waals surface area contributed by atoms with Crippen LogP contribution in [0.1, 0.15) is 37.3 Å². The summed E-state index contributed by atoms with van der Waals surface area (Å²) >= 11 is 0. The van der Waals surface area contributed by atoms with Crippen LogP contribution >= 0.6 is 0 Å². The van der Waals surface area contributed by atoms with Crippen LogP contribution < -0.4 is 5.73 Å². The van der Waals surface area contributed by atoms with Crippen LogP contribution in [0.4, 0.5) is 0 Å². The quantitative estimate of drug-likeness (QED) is 0.839. The van der Waals surface area contributed by atoms with E-state index >= 15 is 0 Å². The maximum absolute atomic E-state index is 10.7. The van der Waals surface area contributed by atoms with E-state index in [0.717, 1.165) is 30.8 Å². The highest BCUT2D eigenvalue weighted by atomic mass is 16.5. The number of aromatic nitrogens is 2. The van der Waals surface area contributed by atoms with Gasteiger partial charge >= 0.3 is 0 Å². The average Bonchev–Trinajstić information content (AvgIpc) is 2.79. The monoisotopic (exact) mass is 253 g/mol. The lowest BCUT2D eigenvalue weighted by molar-refractivity contribution is -0.0613. The van der Waals surface area contributed by atoms with E-state index in [-0.39, 0.29) is 5.41 Å². The molecule has 0 spiro atoms. The van der Waals surface area contributed by atoms with Crippen LogP contribution in [0, 0.1) is 12.3 Å². The Hall–Kier alpha value is -0.910. The van der Waals surface area contributed by atoms with Crippen LogP contribution in [-0.2, 0) is 11.3 Å². The molecule has 2 heterocycles. The van der Waals surface area contributed by atoms with E-state index < -0.39 is 6.10 Å². The second kappa shape index (κ2) is 5.38. The Kier molecular flexibility index (Phi) is 4.04. The maximum atomic E-state index is 10.7. The van der Waals surface area contributed by atoms with Gasteiger partial charge in [-0.2, -0.15) is 5.10 Å². The summed E-state index contributed by atoms with van der Waals surface area (Å²) in [5.41, 5.74) is 7.48. The van der Waals surface area contributed by atoms with Crippen LogP contribution in [0.5, 0.6) is 0 Å². The number of hydrogen-bond donors (Lipinski definition) is 2. The third-order valence-electron chi connectivity index (χ3n) is 3.99. The highest BCUT2D eigenvalue weighted by Gasteiger charge is 2.40. The first-order valence-corrected chi connectivity index (χ1v) is 6.63.